The topological polar surface area (TPSA) is 38.0 Å². The zero-order chi connectivity index (χ0) is 15.9. The summed E-state index contributed by atoms with van der Waals surface area (Å²) in [6.07, 6.45) is 4.43. The molecule has 1 aliphatic rings. The standard InChI is InChI=1S/C19H24N2O/c1-12(2)15-5-8-17(9-6-15)21-14(4)19(13(3)20-21)16-7-10-18(22)11-16/h5-10,12,16,18,22H,11H2,1-4H3/t16-,18-/m1/s1. The molecule has 22 heavy (non-hydrogen) atoms. The Morgan fingerprint density at radius 1 is 1.14 bits per heavy atom. The van der Waals surface area contributed by atoms with Crippen molar-refractivity contribution in [3.63, 3.8) is 0 Å². The Labute approximate surface area is 132 Å². The monoisotopic (exact) mass is 296 g/mol. The first-order valence-electron chi connectivity index (χ1n) is 8.00. The van der Waals surface area contributed by atoms with Crippen LogP contribution in [0.5, 0.6) is 0 Å². The summed E-state index contributed by atoms with van der Waals surface area (Å²) in [5, 5.41) is 14.5. The molecular weight excluding hydrogens is 272 g/mol. The van der Waals surface area contributed by atoms with Crippen LogP contribution in [0.3, 0.4) is 0 Å². The van der Waals surface area contributed by atoms with Gasteiger partial charge in [0.15, 0.2) is 0 Å². The number of nitrogens with zero attached hydrogens (tertiary/aromatic N) is 2. The molecule has 0 unspecified atom stereocenters. The smallest absolute Gasteiger partial charge is 0.0730 e. The highest BCUT2D eigenvalue weighted by atomic mass is 16.3. The Morgan fingerprint density at radius 2 is 1.82 bits per heavy atom. The number of aromatic nitrogens is 2. The molecular formula is C19H24N2O. The molecule has 3 nitrogen and oxygen atoms in total. The Balaban J connectivity index is 1.97. The molecule has 1 aromatic heterocycles. The summed E-state index contributed by atoms with van der Waals surface area (Å²) in [5.74, 6) is 0.814. The second-order valence-electron chi connectivity index (χ2n) is 6.54. The second-order valence-corrected chi connectivity index (χ2v) is 6.54. The third-order valence-electron chi connectivity index (χ3n) is 4.58. The van der Waals surface area contributed by atoms with Gasteiger partial charge in [0, 0.05) is 17.2 Å². The Bertz CT molecular complexity index is 695. The van der Waals surface area contributed by atoms with Crippen molar-refractivity contribution in [3.8, 4) is 5.69 Å². The van der Waals surface area contributed by atoms with Gasteiger partial charge >= 0.3 is 0 Å². The van der Waals surface area contributed by atoms with Gasteiger partial charge in [0.05, 0.1) is 17.5 Å². The van der Waals surface area contributed by atoms with Crippen LogP contribution in [-0.4, -0.2) is 21.0 Å². The van der Waals surface area contributed by atoms with Crippen molar-refractivity contribution in [1.82, 2.24) is 9.78 Å². The minimum absolute atomic E-state index is 0.277. The lowest BCUT2D eigenvalue weighted by molar-refractivity contribution is 0.218. The fraction of sp³-hybridized carbons (Fsp3) is 0.421. The van der Waals surface area contributed by atoms with Crippen LogP contribution in [-0.2, 0) is 0 Å². The molecule has 2 aromatic rings. The summed E-state index contributed by atoms with van der Waals surface area (Å²) in [6, 6.07) is 8.63. The number of hydrogen-bond acceptors (Lipinski definition) is 2. The summed E-state index contributed by atoms with van der Waals surface area (Å²) in [6.45, 7) is 8.58. The van der Waals surface area contributed by atoms with Crippen LogP contribution in [0.25, 0.3) is 5.69 Å². The fourth-order valence-electron chi connectivity index (χ4n) is 3.34. The molecule has 2 atom stereocenters. The molecule has 3 heteroatoms. The van der Waals surface area contributed by atoms with E-state index in [1.54, 1.807) is 0 Å². The lowest BCUT2D eigenvalue weighted by Gasteiger charge is -2.11. The largest absolute Gasteiger partial charge is 0.389 e. The van der Waals surface area contributed by atoms with Crippen LogP contribution in [0.1, 0.15) is 54.6 Å². The molecule has 0 spiro atoms. The van der Waals surface area contributed by atoms with Gasteiger partial charge in [-0.25, -0.2) is 4.68 Å². The molecule has 0 bridgehead atoms. The number of rotatable bonds is 3. The summed E-state index contributed by atoms with van der Waals surface area (Å²) < 4.78 is 2.02. The zero-order valence-electron chi connectivity index (χ0n) is 13.7. The van der Waals surface area contributed by atoms with Gasteiger partial charge in [0.2, 0.25) is 0 Å². The molecule has 0 radical (unpaired) electrons. The summed E-state index contributed by atoms with van der Waals surface area (Å²) in [4.78, 5) is 0. The van der Waals surface area contributed by atoms with Gasteiger partial charge in [-0.1, -0.05) is 38.1 Å². The molecule has 1 aliphatic carbocycles. The van der Waals surface area contributed by atoms with Gasteiger partial charge in [0.1, 0.15) is 0 Å². The molecule has 0 amide bonds. The molecule has 1 aromatic carbocycles. The maximum atomic E-state index is 9.74. The Hall–Kier alpha value is -1.87. The molecule has 1 heterocycles. The van der Waals surface area contributed by atoms with E-state index in [1.807, 2.05) is 10.8 Å². The van der Waals surface area contributed by atoms with Gasteiger partial charge < -0.3 is 5.11 Å². The van der Waals surface area contributed by atoms with Crippen LogP contribution < -0.4 is 0 Å². The molecule has 116 valence electrons. The van der Waals surface area contributed by atoms with Gasteiger partial charge in [-0.2, -0.15) is 5.10 Å². The van der Waals surface area contributed by atoms with E-state index in [0.717, 1.165) is 17.8 Å². The third-order valence-corrected chi connectivity index (χ3v) is 4.58. The number of hydrogen-bond donors (Lipinski definition) is 1. The second kappa shape index (κ2) is 5.73. The van der Waals surface area contributed by atoms with Crippen molar-refractivity contribution < 1.29 is 5.11 Å². The number of benzene rings is 1. The highest BCUT2D eigenvalue weighted by molar-refractivity contribution is 5.42. The quantitative estimate of drug-likeness (QED) is 0.869. The van der Waals surface area contributed by atoms with E-state index in [2.05, 4.69) is 58.0 Å². The maximum absolute atomic E-state index is 9.74. The summed E-state index contributed by atoms with van der Waals surface area (Å²) >= 11 is 0. The SMILES string of the molecule is Cc1nn(-c2ccc(C(C)C)cc2)c(C)c1[C@@H]1C=C[C@@H](O)C1. The van der Waals surface area contributed by atoms with Crippen molar-refractivity contribution >= 4 is 0 Å². The van der Waals surface area contributed by atoms with E-state index < -0.39 is 0 Å². The van der Waals surface area contributed by atoms with E-state index in [1.165, 1.54) is 16.8 Å². The predicted molar refractivity (Wildman–Crippen MR) is 89.6 cm³/mol. The lowest BCUT2D eigenvalue weighted by atomic mass is 9.96. The van der Waals surface area contributed by atoms with E-state index in [4.69, 9.17) is 5.10 Å². The minimum atomic E-state index is -0.322. The Morgan fingerprint density at radius 3 is 2.36 bits per heavy atom. The lowest BCUT2D eigenvalue weighted by Crippen LogP contribution is -2.04. The minimum Gasteiger partial charge on any atom is -0.389 e. The first-order valence-corrected chi connectivity index (χ1v) is 8.00. The number of aryl methyl sites for hydroxylation is 1. The highest BCUT2D eigenvalue weighted by Gasteiger charge is 2.25. The van der Waals surface area contributed by atoms with Crippen molar-refractivity contribution in [2.45, 2.75) is 52.1 Å². The normalized spacial score (nSPS) is 21.0. The zero-order valence-corrected chi connectivity index (χ0v) is 13.7. The summed E-state index contributed by atoms with van der Waals surface area (Å²) in [5.41, 5.74) is 5.90. The first kappa shape index (κ1) is 15.0. The number of allylic oxidation sites excluding steroid dienone is 1. The molecule has 3 rings (SSSR count). The average molecular weight is 296 g/mol. The first-order chi connectivity index (χ1) is 10.5. The van der Waals surface area contributed by atoms with Gasteiger partial charge in [-0.05, 0) is 43.9 Å². The van der Waals surface area contributed by atoms with Crippen LogP contribution >= 0.6 is 0 Å². The number of aliphatic hydroxyl groups is 1. The van der Waals surface area contributed by atoms with Crippen molar-refractivity contribution in [2.75, 3.05) is 0 Å². The highest BCUT2D eigenvalue weighted by Crippen LogP contribution is 2.33. The van der Waals surface area contributed by atoms with Crippen molar-refractivity contribution in [1.29, 1.82) is 0 Å². The van der Waals surface area contributed by atoms with E-state index in [9.17, 15) is 5.11 Å². The van der Waals surface area contributed by atoms with Crippen LogP contribution in [0.4, 0.5) is 0 Å². The molecule has 0 aliphatic heterocycles. The molecule has 0 saturated heterocycles. The molecule has 0 fully saturated rings. The fourth-order valence-corrected chi connectivity index (χ4v) is 3.34. The van der Waals surface area contributed by atoms with E-state index >= 15 is 0 Å². The van der Waals surface area contributed by atoms with E-state index in [-0.39, 0.29) is 12.0 Å². The summed E-state index contributed by atoms with van der Waals surface area (Å²) in [7, 11) is 0. The molecule has 1 N–H and O–H groups in total. The Kier molecular flexibility index (Phi) is 3.92. The predicted octanol–water partition coefficient (Wildman–Crippen LogP) is 4.02. The third kappa shape index (κ3) is 2.61. The van der Waals surface area contributed by atoms with Crippen LogP contribution in [0, 0.1) is 13.8 Å². The number of aliphatic hydroxyl groups excluding tert-OH is 1. The van der Waals surface area contributed by atoms with Gasteiger partial charge in [-0.3, -0.25) is 0 Å². The van der Waals surface area contributed by atoms with Crippen LogP contribution in [0.15, 0.2) is 36.4 Å². The van der Waals surface area contributed by atoms with Crippen molar-refractivity contribution in [3.05, 3.63) is 58.9 Å². The maximum Gasteiger partial charge on any atom is 0.0730 e. The van der Waals surface area contributed by atoms with Gasteiger partial charge in [-0.15, -0.1) is 0 Å². The van der Waals surface area contributed by atoms with E-state index in [0.29, 0.717) is 5.92 Å². The molecule has 0 saturated carbocycles. The van der Waals surface area contributed by atoms with Crippen LogP contribution in [0.2, 0.25) is 0 Å². The van der Waals surface area contributed by atoms with Gasteiger partial charge in [0.25, 0.3) is 0 Å². The van der Waals surface area contributed by atoms with Crippen molar-refractivity contribution in [2.24, 2.45) is 0 Å². The average Bonchev–Trinajstić information content (AvgIpc) is 3.02.